The van der Waals surface area contributed by atoms with Gasteiger partial charge in [-0.1, -0.05) is 41.6 Å². The van der Waals surface area contributed by atoms with E-state index in [2.05, 4.69) is 15.2 Å². The highest BCUT2D eigenvalue weighted by Crippen LogP contribution is 2.27. The summed E-state index contributed by atoms with van der Waals surface area (Å²) in [6.07, 6.45) is 5.59. The third kappa shape index (κ3) is 4.56. The molecule has 0 aliphatic rings. The normalized spacial score (nSPS) is 11.2. The molecule has 0 aliphatic carbocycles. The van der Waals surface area contributed by atoms with Gasteiger partial charge in [0.05, 0.1) is 17.1 Å². The summed E-state index contributed by atoms with van der Waals surface area (Å²) < 4.78 is 7.77. The van der Waals surface area contributed by atoms with Crippen LogP contribution in [-0.4, -0.2) is 42.9 Å². The van der Waals surface area contributed by atoms with Gasteiger partial charge < -0.3 is 9.32 Å². The molecule has 0 radical (unpaired) electrons. The smallest absolute Gasteiger partial charge is 0.254 e. The molecule has 2 aromatic carbocycles. The average Bonchev–Trinajstić information content (AvgIpc) is 3.47. The van der Waals surface area contributed by atoms with E-state index >= 15 is 0 Å². The highest BCUT2D eigenvalue weighted by molar-refractivity contribution is 7.98. The summed E-state index contributed by atoms with van der Waals surface area (Å²) in [5.74, 6) is 0.552. The Labute approximate surface area is 195 Å². The van der Waals surface area contributed by atoms with E-state index in [1.807, 2.05) is 67.3 Å². The fourth-order valence-corrected chi connectivity index (χ4v) is 4.03. The number of imidazole rings is 1. The topological polar surface area (TPSA) is 77.1 Å². The van der Waals surface area contributed by atoms with Crippen molar-refractivity contribution >= 4 is 29.3 Å². The summed E-state index contributed by atoms with van der Waals surface area (Å²) in [5, 5.41) is 9.62. The standard InChI is InChI=1S/C23H22ClN5O2S/c1-15(2)29(14-20-26-27-21(31-20)18-9-4-5-10-19(18)24)22(30)16-7-6-8-17(13-16)28-12-11-25-23(28)32-3/h4-13,15H,14H2,1-3H3. The molecule has 4 rings (SSSR count). The molecule has 164 valence electrons. The molecule has 0 saturated carbocycles. The molecule has 0 saturated heterocycles. The first-order valence-electron chi connectivity index (χ1n) is 10.0. The predicted molar refractivity (Wildman–Crippen MR) is 125 cm³/mol. The Morgan fingerprint density at radius 1 is 1.19 bits per heavy atom. The Morgan fingerprint density at radius 3 is 2.75 bits per heavy atom. The molecule has 32 heavy (non-hydrogen) atoms. The van der Waals surface area contributed by atoms with Gasteiger partial charge in [0, 0.05) is 29.7 Å². The van der Waals surface area contributed by atoms with Crippen molar-refractivity contribution < 1.29 is 9.21 Å². The van der Waals surface area contributed by atoms with Crippen LogP contribution in [-0.2, 0) is 6.54 Å². The molecule has 0 bridgehead atoms. The van der Waals surface area contributed by atoms with Crippen molar-refractivity contribution in [2.75, 3.05) is 6.26 Å². The zero-order valence-corrected chi connectivity index (χ0v) is 19.5. The summed E-state index contributed by atoms with van der Waals surface area (Å²) in [6.45, 7) is 4.10. The van der Waals surface area contributed by atoms with E-state index in [4.69, 9.17) is 16.0 Å². The summed E-state index contributed by atoms with van der Waals surface area (Å²) in [6, 6.07) is 14.7. The van der Waals surface area contributed by atoms with Gasteiger partial charge in [0.2, 0.25) is 11.8 Å². The van der Waals surface area contributed by atoms with E-state index < -0.39 is 0 Å². The molecule has 0 aliphatic heterocycles. The molecule has 9 heteroatoms. The number of aromatic nitrogens is 4. The Hall–Kier alpha value is -3.10. The Balaban J connectivity index is 1.58. The lowest BCUT2D eigenvalue weighted by Gasteiger charge is -2.25. The minimum atomic E-state index is -0.120. The average molecular weight is 468 g/mol. The molecule has 2 heterocycles. The molecular weight excluding hydrogens is 446 g/mol. The minimum absolute atomic E-state index is 0.0724. The van der Waals surface area contributed by atoms with Crippen molar-refractivity contribution in [2.24, 2.45) is 0 Å². The van der Waals surface area contributed by atoms with Gasteiger partial charge in [-0.2, -0.15) is 0 Å². The SMILES string of the molecule is CSc1nccn1-c1cccc(C(=O)N(Cc2nnc(-c3ccccc3Cl)o2)C(C)C)c1. The van der Waals surface area contributed by atoms with Crippen LogP contribution in [0.5, 0.6) is 0 Å². The first kappa shape index (κ1) is 22.1. The number of nitrogens with zero attached hydrogens (tertiary/aromatic N) is 5. The summed E-state index contributed by atoms with van der Waals surface area (Å²) in [7, 11) is 0. The number of halogens is 1. The number of carbonyl (C=O) groups is 1. The van der Waals surface area contributed by atoms with Gasteiger partial charge in [-0.15, -0.1) is 10.2 Å². The Bertz CT molecular complexity index is 1240. The van der Waals surface area contributed by atoms with E-state index in [1.165, 1.54) is 0 Å². The third-order valence-corrected chi connectivity index (χ3v) is 5.92. The van der Waals surface area contributed by atoms with Gasteiger partial charge >= 0.3 is 0 Å². The van der Waals surface area contributed by atoms with Gasteiger partial charge in [-0.3, -0.25) is 9.36 Å². The second kappa shape index (κ2) is 9.58. The van der Waals surface area contributed by atoms with Crippen LogP contribution in [0.4, 0.5) is 0 Å². The molecule has 4 aromatic rings. The van der Waals surface area contributed by atoms with Crippen LogP contribution >= 0.6 is 23.4 Å². The number of carbonyl (C=O) groups excluding carboxylic acids is 1. The van der Waals surface area contributed by atoms with Crippen LogP contribution in [0.15, 0.2) is 70.5 Å². The first-order chi connectivity index (χ1) is 15.5. The van der Waals surface area contributed by atoms with Crippen LogP contribution < -0.4 is 0 Å². The van der Waals surface area contributed by atoms with Crippen LogP contribution in [0.2, 0.25) is 5.02 Å². The van der Waals surface area contributed by atoms with Gasteiger partial charge in [0.25, 0.3) is 5.91 Å². The summed E-state index contributed by atoms with van der Waals surface area (Å²) >= 11 is 7.78. The molecule has 0 unspecified atom stereocenters. The number of amides is 1. The zero-order valence-electron chi connectivity index (χ0n) is 17.9. The molecule has 2 aromatic heterocycles. The van der Waals surface area contributed by atoms with Crippen molar-refractivity contribution in [2.45, 2.75) is 31.6 Å². The number of benzene rings is 2. The molecule has 0 N–H and O–H groups in total. The van der Waals surface area contributed by atoms with Crippen LogP contribution in [0.25, 0.3) is 17.1 Å². The zero-order chi connectivity index (χ0) is 22.7. The summed E-state index contributed by atoms with van der Waals surface area (Å²) in [4.78, 5) is 19.4. The first-order valence-corrected chi connectivity index (χ1v) is 11.6. The van der Waals surface area contributed by atoms with E-state index in [0.717, 1.165) is 10.8 Å². The lowest BCUT2D eigenvalue weighted by atomic mass is 10.1. The molecule has 0 spiro atoms. The van der Waals surface area contributed by atoms with E-state index in [-0.39, 0.29) is 18.5 Å². The van der Waals surface area contributed by atoms with E-state index in [1.54, 1.807) is 35.0 Å². The molecule has 0 fully saturated rings. The molecule has 0 atom stereocenters. The Morgan fingerprint density at radius 2 is 2.00 bits per heavy atom. The lowest BCUT2D eigenvalue weighted by molar-refractivity contribution is 0.0672. The van der Waals surface area contributed by atoms with Crippen molar-refractivity contribution in [1.29, 1.82) is 0 Å². The highest BCUT2D eigenvalue weighted by Gasteiger charge is 2.23. The van der Waals surface area contributed by atoms with E-state index in [0.29, 0.717) is 27.9 Å². The number of hydrogen-bond acceptors (Lipinski definition) is 6. The maximum atomic E-state index is 13.4. The monoisotopic (exact) mass is 467 g/mol. The maximum Gasteiger partial charge on any atom is 0.254 e. The highest BCUT2D eigenvalue weighted by atomic mass is 35.5. The van der Waals surface area contributed by atoms with E-state index in [9.17, 15) is 4.79 Å². The van der Waals surface area contributed by atoms with Crippen LogP contribution in [0.3, 0.4) is 0 Å². The fourth-order valence-electron chi connectivity index (χ4n) is 3.29. The predicted octanol–water partition coefficient (Wildman–Crippen LogP) is 5.35. The lowest BCUT2D eigenvalue weighted by Crippen LogP contribution is -2.36. The van der Waals surface area contributed by atoms with Gasteiger partial charge in [-0.25, -0.2) is 4.98 Å². The minimum Gasteiger partial charge on any atom is -0.419 e. The molecular formula is C23H22ClN5O2S. The molecule has 7 nitrogen and oxygen atoms in total. The van der Waals surface area contributed by atoms with Gasteiger partial charge in [0.1, 0.15) is 0 Å². The largest absolute Gasteiger partial charge is 0.419 e. The second-order valence-corrected chi connectivity index (χ2v) is 8.52. The fraction of sp³-hybridized carbons (Fsp3) is 0.217. The van der Waals surface area contributed by atoms with Crippen LogP contribution in [0, 0.1) is 0 Å². The van der Waals surface area contributed by atoms with Crippen molar-refractivity contribution in [1.82, 2.24) is 24.6 Å². The second-order valence-electron chi connectivity index (χ2n) is 7.34. The Kier molecular flexibility index (Phi) is 6.62. The molecule has 1 amide bonds. The van der Waals surface area contributed by atoms with Crippen molar-refractivity contribution in [3.63, 3.8) is 0 Å². The number of thioether (sulfide) groups is 1. The number of rotatable bonds is 7. The van der Waals surface area contributed by atoms with Gasteiger partial charge in [0.15, 0.2) is 5.16 Å². The van der Waals surface area contributed by atoms with Crippen molar-refractivity contribution in [3.8, 4) is 17.1 Å². The maximum absolute atomic E-state index is 13.4. The third-order valence-electron chi connectivity index (χ3n) is 4.92. The quantitative estimate of drug-likeness (QED) is 0.341. The van der Waals surface area contributed by atoms with Gasteiger partial charge in [-0.05, 0) is 50.4 Å². The van der Waals surface area contributed by atoms with Crippen molar-refractivity contribution in [3.05, 3.63) is 77.4 Å². The summed E-state index contributed by atoms with van der Waals surface area (Å²) in [5.41, 5.74) is 2.11. The van der Waals surface area contributed by atoms with Crippen LogP contribution in [0.1, 0.15) is 30.1 Å². The number of hydrogen-bond donors (Lipinski definition) is 0.